The van der Waals surface area contributed by atoms with E-state index in [1.54, 1.807) is 38.1 Å². The normalized spacial score (nSPS) is 11.7. The Balaban J connectivity index is 2.44. The second-order valence-corrected chi connectivity index (χ2v) is 7.25. The summed E-state index contributed by atoms with van der Waals surface area (Å²) in [7, 11) is 2.87. The third-order valence-electron chi connectivity index (χ3n) is 4.30. The summed E-state index contributed by atoms with van der Waals surface area (Å²) in [4.78, 5) is 25.3. The number of ether oxygens (including phenoxy) is 4. The van der Waals surface area contributed by atoms with Crippen molar-refractivity contribution in [1.82, 2.24) is 0 Å². The van der Waals surface area contributed by atoms with Crippen molar-refractivity contribution in [2.75, 3.05) is 32.8 Å². The number of nitrogens with one attached hydrogen (secondary N) is 1. The van der Waals surface area contributed by atoms with Gasteiger partial charge >= 0.3 is 0 Å². The van der Waals surface area contributed by atoms with Gasteiger partial charge < -0.3 is 24.3 Å². The number of azo groups is 1. The number of nitrogens with zero attached hydrogens (tertiary/aromatic N) is 2. The van der Waals surface area contributed by atoms with Crippen molar-refractivity contribution in [3.8, 4) is 23.0 Å². The number of anilines is 1. The molecule has 1 amide bonds. The first-order valence-electron chi connectivity index (χ1n) is 9.99. The van der Waals surface area contributed by atoms with Gasteiger partial charge in [-0.2, -0.15) is 5.11 Å². The highest BCUT2D eigenvalue weighted by atomic mass is 35.5. The molecule has 2 rings (SSSR count). The molecular formula is C22H25Cl2N3O6. The molecule has 0 saturated carbocycles. The van der Waals surface area contributed by atoms with Gasteiger partial charge in [-0.05, 0) is 45.0 Å². The largest absolute Gasteiger partial charge is 0.495 e. The molecule has 0 heterocycles. The van der Waals surface area contributed by atoms with Crippen molar-refractivity contribution in [1.29, 1.82) is 0 Å². The molecule has 9 nitrogen and oxygen atoms in total. The van der Waals surface area contributed by atoms with Crippen LogP contribution in [-0.2, 0) is 9.59 Å². The molecule has 0 saturated heterocycles. The van der Waals surface area contributed by atoms with Crippen LogP contribution in [0.4, 0.5) is 11.4 Å². The van der Waals surface area contributed by atoms with E-state index in [9.17, 15) is 9.59 Å². The summed E-state index contributed by atoms with van der Waals surface area (Å²) in [5, 5.41) is 11.0. The van der Waals surface area contributed by atoms with Crippen molar-refractivity contribution >= 4 is 46.3 Å². The van der Waals surface area contributed by atoms with Crippen LogP contribution in [0.15, 0.2) is 34.5 Å². The van der Waals surface area contributed by atoms with Crippen molar-refractivity contribution in [2.45, 2.75) is 26.8 Å². The highest BCUT2D eigenvalue weighted by Gasteiger charge is 2.27. The molecule has 33 heavy (non-hydrogen) atoms. The summed E-state index contributed by atoms with van der Waals surface area (Å²) < 4.78 is 21.6. The molecule has 0 radical (unpaired) electrons. The van der Waals surface area contributed by atoms with Crippen LogP contribution in [0.2, 0.25) is 10.0 Å². The first-order chi connectivity index (χ1) is 15.8. The first kappa shape index (κ1) is 26.2. The maximum atomic E-state index is 13.0. The average molecular weight is 498 g/mol. The van der Waals surface area contributed by atoms with E-state index in [1.165, 1.54) is 21.1 Å². The minimum Gasteiger partial charge on any atom is -0.495 e. The second-order valence-electron chi connectivity index (χ2n) is 6.47. The fourth-order valence-corrected chi connectivity index (χ4v) is 3.27. The zero-order chi connectivity index (χ0) is 24.5. The molecule has 0 fully saturated rings. The van der Waals surface area contributed by atoms with E-state index in [0.717, 1.165) is 0 Å². The summed E-state index contributed by atoms with van der Waals surface area (Å²) in [5.74, 6) is -0.137. The van der Waals surface area contributed by atoms with Gasteiger partial charge in [-0.3, -0.25) is 9.59 Å². The van der Waals surface area contributed by atoms with Gasteiger partial charge in [0.05, 0.1) is 32.5 Å². The highest BCUT2D eigenvalue weighted by molar-refractivity contribution is 6.35. The average Bonchev–Trinajstić information content (AvgIpc) is 2.78. The highest BCUT2D eigenvalue weighted by Crippen LogP contribution is 2.42. The lowest BCUT2D eigenvalue weighted by Gasteiger charge is -2.18. The Kier molecular flexibility index (Phi) is 9.74. The number of benzene rings is 2. The van der Waals surface area contributed by atoms with E-state index in [4.69, 9.17) is 42.1 Å². The summed E-state index contributed by atoms with van der Waals surface area (Å²) in [6.45, 7) is 5.41. The monoisotopic (exact) mass is 497 g/mol. The van der Waals surface area contributed by atoms with Crippen molar-refractivity contribution in [2.24, 2.45) is 10.2 Å². The SMILES string of the molecule is CCOc1ccc(Cl)c(OCC)c1NC(=O)C(N=Nc1c(OC)ccc(OC)c1Cl)C(C)=O. The van der Waals surface area contributed by atoms with Gasteiger partial charge in [-0.25, -0.2) is 0 Å². The molecule has 11 heteroatoms. The van der Waals surface area contributed by atoms with Crippen LogP contribution in [0.1, 0.15) is 20.8 Å². The van der Waals surface area contributed by atoms with E-state index < -0.39 is 17.7 Å². The number of hydrogen-bond acceptors (Lipinski definition) is 8. The number of halogens is 2. The van der Waals surface area contributed by atoms with Gasteiger partial charge in [0.25, 0.3) is 5.91 Å². The minimum atomic E-state index is -1.49. The molecule has 0 aromatic heterocycles. The Hall–Kier alpha value is -3.04. The molecule has 0 aliphatic heterocycles. The minimum absolute atomic E-state index is 0.116. The van der Waals surface area contributed by atoms with E-state index in [2.05, 4.69) is 15.5 Å². The number of methoxy groups -OCH3 is 2. The van der Waals surface area contributed by atoms with Crippen molar-refractivity contribution in [3.05, 3.63) is 34.3 Å². The van der Waals surface area contributed by atoms with Crippen LogP contribution in [0, 0.1) is 0 Å². The quantitative estimate of drug-likeness (QED) is 0.324. The second kappa shape index (κ2) is 12.3. The standard InChI is InChI=1S/C22H25Cl2N3O6/c1-6-32-16-9-8-13(23)21(33-7-2)20(16)25-22(29)18(12(3)28)26-27-19-15(31-5)11-10-14(30-4)17(19)24/h8-11,18H,6-7H2,1-5H3,(H,25,29). The van der Waals surface area contributed by atoms with Crippen molar-refractivity contribution in [3.63, 3.8) is 0 Å². The Morgan fingerprint density at radius 3 is 2.15 bits per heavy atom. The fraction of sp³-hybridized carbons (Fsp3) is 0.364. The zero-order valence-electron chi connectivity index (χ0n) is 18.9. The van der Waals surface area contributed by atoms with Crippen LogP contribution in [0.25, 0.3) is 0 Å². The lowest BCUT2D eigenvalue weighted by Crippen LogP contribution is -2.32. The predicted molar refractivity (Wildman–Crippen MR) is 126 cm³/mol. The van der Waals surface area contributed by atoms with Crippen LogP contribution >= 0.6 is 23.2 Å². The third kappa shape index (κ3) is 6.27. The summed E-state index contributed by atoms with van der Waals surface area (Å²) in [6, 6.07) is 4.87. The molecule has 0 spiro atoms. The summed E-state index contributed by atoms with van der Waals surface area (Å²) >= 11 is 12.5. The lowest BCUT2D eigenvalue weighted by molar-refractivity contribution is -0.126. The number of rotatable bonds is 11. The van der Waals surface area contributed by atoms with Crippen LogP contribution in [0.3, 0.4) is 0 Å². The van der Waals surface area contributed by atoms with E-state index >= 15 is 0 Å². The Morgan fingerprint density at radius 1 is 0.970 bits per heavy atom. The number of hydrogen-bond donors (Lipinski definition) is 1. The Labute approximate surface area is 202 Å². The van der Waals surface area contributed by atoms with Gasteiger partial charge in [0.1, 0.15) is 33.6 Å². The van der Waals surface area contributed by atoms with Crippen LogP contribution < -0.4 is 24.3 Å². The van der Waals surface area contributed by atoms with Crippen LogP contribution in [0.5, 0.6) is 23.0 Å². The fourth-order valence-electron chi connectivity index (χ4n) is 2.79. The molecular weight excluding hydrogens is 473 g/mol. The zero-order valence-corrected chi connectivity index (χ0v) is 20.4. The molecule has 0 aliphatic rings. The van der Waals surface area contributed by atoms with Crippen molar-refractivity contribution < 1.29 is 28.5 Å². The maximum Gasteiger partial charge on any atom is 0.259 e. The molecule has 2 aromatic carbocycles. The maximum absolute atomic E-state index is 13.0. The number of carbonyl (C=O) groups is 2. The molecule has 1 atom stereocenters. The molecule has 2 aromatic rings. The Morgan fingerprint density at radius 2 is 1.58 bits per heavy atom. The first-order valence-corrected chi connectivity index (χ1v) is 10.7. The van der Waals surface area contributed by atoms with E-state index in [1.807, 2.05) is 0 Å². The number of carbonyl (C=O) groups excluding carboxylic acids is 2. The Bertz CT molecular complexity index is 1050. The van der Waals surface area contributed by atoms with Crippen LogP contribution in [-0.4, -0.2) is 45.2 Å². The van der Waals surface area contributed by atoms with Gasteiger partial charge in [0.15, 0.2) is 11.5 Å². The molecule has 0 bridgehead atoms. The van der Waals surface area contributed by atoms with Gasteiger partial charge in [0.2, 0.25) is 6.04 Å². The molecule has 1 unspecified atom stereocenters. The molecule has 0 aliphatic carbocycles. The lowest BCUT2D eigenvalue weighted by atomic mass is 10.2. The van der Waals surface area contributed by atoms with Gasteiger partial charge in [0, 0.05) is 0 Å². The topological polar surface area (TPSA) is 108 Å². The number of ketones is 1. The molecule has 178 valence electrons. The smallest absolute Gasteiger partial charge is 0.259 e. The van der Waals surface area contributed by atoms with E-state index in [0.29, 0.717) is 30.5 Å². The number of Topliss-reactive ketones (excluding diaryl/α,β-unsaturated/α-hetero) is 1. The molecule has 1 N–H and O–H groups in total. The predicted octanol–water partition coefficient (Wildman–Crippen LogP) is 5.49. The van der Waals surface area contributed by atoms with Gasteiger partial charge in [-0.1, -0.05) is 23.2 Å². The summed E-state index contributed by atoms with van der Waals surface area (Å²) in [6.07, 6.45) is 0. The number of amides is 1. The third-order valence-corrected chi connectivity index (χ3v) is 4.96. The summed E-state index contributed by atoms with van der Waals surface area (Å²) in [5.41, 5.74) is 0.306. The van der Waals surface area contributed by atoms with E-state index in [-0.39, 0.29) is 27.2 Å². The van der Waals surface area contributed by atoms with Gasteiger partial charge in [-0.15, -0.1) is 5.11 Å².